The Morgan fingerprint density at radius 1 is 1.25 bits per heavy atom. The summed E-state index contributed by atoms with van der Waals surface area (Å²) in [6.45, 7) is 4.47. The van der Waals surface area contributed by atoms with Gasteiger partial charge in [-0.3, -0.25) is 9.78 Å². The number of rotatable bonds is 4. The van der Waals surface area contributed by atoms with Gasteiger partial charge in [0.05, 0.1) is 5.56 Å². The normalized spacial score (nSPS) is 11.2. The van der Waals surface area contributed by atoms with E-state index in [4.69, 9.17) is 0 Å². The molecule has 3 nitrogen and oxygen atoms in total. The maximum Gasteiger partial charge on any atom is 0.252 e. The average molecular weight is 272 g/mol. The van der Waals surface area contributed by atoms with Gasteiger partial charge < -0.3 is 5.32 Å². The van der Waals surface area contributed by atoms with Gasteiger partial charge in [-0.1, -0.05) is 26.0 Å². The second-order valence-corrected chi connectivity index (χ2v) is 5.32. The average Bonchev–Trinajstić information content (AvgIpc) is 2.46. The lowest BCUT2D eigenvalue weighted by Gasteiger charge is -2.25. The highest BCUT2D eigenvalue weighted by Gasteiger charge is 2.21. The Bertz CT molecular complexity index is 579. The topological polar surface area (TPSA) is 42.0 Å². The Kier molecular flexibility index (Phi) is 4.13. The van der Waals surface area contributed by atoms with Gasteiger partial charge in [-0.25, -0.2) is 4.39 Å². The zero-order valence-electron chi connectivity index (χ0n) is 11.6. The van der Waals surface area contributed by atoms with E-state index in [0.29, 0.717) is 12.1 Å². The Balaban J connectivity index is 2.02. The molecule has 104 valence electrons. The standard InChI is InChI=1S/C16H17FN2O/c1-16(2,13-5-7-14(17)8-6-13)11-19-15(20)12-4-3-9-18-10-12/h3-10H,11H2,1-2H3,(H,19,20). The van der Waals surface area contributed by atoms with Crippen molar-refractivity contribution >= 4 is 5.91 Å². The second-order valence-electron chi connectivity index (χ2n) is 5.32. The molecule has 0 aliphatic carbocycles. The molecule has 0 spiro atoms. The fourth-order valence-corrected chi connectivity index (χ4v) is 1.90. The molecule has 0 saturated carbocycles. The number of aromatic nitrogens is 1. The van der Waals surface area contributed by atoms with Gasteiger partial charge in [0, 0.05) is 24.4 Å². The van der Waals surface area contributed by atoms with Crippen molar-refractivity contribution in [3.63, 3.8) is 0 Å². The van der Waals surface area contributed by atoms with Crippen LogP contribution in [0.2, 0.25) is 0 Å². The predicted octanol–water partition coefficient (Wildman–Crippen LogP) is 2.93. The van der Waals surface area contributed by atoms with Crippen LogP contribution in [0.5, 0.6) is 0 Å². The highest BCUT2D eigenvalue weighted by Crippen LogP contribution is 2.22. The molecule has 0 atom stereocenters. The summed E-state index contributed by atoms with van der Waals surface area (Å²) in [6.07, 6.45) is 3.15. The van der Waals surface area contributed by atoms with Crippen LogP contribution in [0.25, 0.3) is 0 Å². The summed E-state index contributed by atoms with van der Waals surface area (Å²) in [5.41, 5.74) is 1.23. The first-order valence-corrected chi connectivity index (χ1v) is 6.43. The molecule has 0 bridgehead atoms. The van der Waals surface area contributed by atoms with Crippen molar-refractivity contribution in [2.45, 2.75) is 19.3 Å². The molecule has 20 heavy (non-hydrogen) atoms. The highest BCUT2D eigenvalue weighted by atomic mass is 19.1. The third kappa shape index (κ3) is 3.41. The molecule has 4 heteroatoms. The number of carbonyl (C=O) groups is 1. The van der Waals surface area contributed by atoms with Crippen LogP contribution in [0.1, 0.15) is 29.8 Å². The molecule has 2 aromatic rings. The number of benzene rings is 1. The molecule has 2 rings (SSSR count). The van der Waals surface area contributed by atoms with Crippen molar-refractivity contribution in [2.24, 2.45) is 0 Å². The molecule has 1 N–H and O–H groups in total. The molecule has 0 fully saturated rings. The SMILES string of the molecule is CC(C)(CNC(=O)c1cccnc1)c1ccc(F)cc1. The molecule has 1 aromatic heterocycles. The lowest BCUT2D eigenvalue weighted by Crippen LogP contribution is -2.36. The summed E-state index contributed by atoms with van der Waals surface area (Å²) >= 11 is 0. The minimum Gasteiger partial charge on any atom is -0.351 e. The minimum absolute atomic E-state index is 0.159. The van der Waals surface area contributed by atoms with E-state index in [1.54, 1.807) is 30.5 Å². The number of halogens is 1. The number of nitrogens with one attached hydrogen (secondary N) is 1. The number of amides is 1. The van der Waals surface area contributed by atoms with Crippen molar-refractivity contribution in [3.05, 3.63) is 65.7 Å². The van der Waals surface area contributed by atoms with Gasteiger partial charge in [0.2, 0.25) is 0 Å². The summed E-state index contributed by atoms with van der Waals surface area (Å²) in [6, 6.07) is 9.78. The molecule has 0 unspecified atom stereocenters. The second kappa shape index (κ2) is 5.82. The van der Waals surface area contributed by atoms with Gasteiger partial charge in [0.1, 0.15) is 5.82 Å². The highest BCUT2D eigenvalue weighted by molar-refractivity contribution is 5.93. The Hall–Kier alpha value is -2.23. The maximum atomic E-state index is 12.9. The molecule has 1 heterocycles. The van der Waals surface area contributed by atoms with Gasteiger partial charge in [0.15, 0.2) is 0 Å². The molecule has 0 aliphatic heterocycles. The van der Waals surface area contributed by atoms with Crippen LogP contribution < -0.4 is 5.32 Å². The molecule has 1 aromatic carbocycles. The van der Waals surface area contributed by atoms with Gasteiger partial charge >= 0.3 is 0 Å². The molecule has 0 aliphatic rings. The molecule has 0 radical (unpaired) electrons. The minimum atomic E-state index is -0.272. The first-order valence-electron chi connectivity index (χ1n) is 6.43. The van der Waals surface area contributed by atoms with Crippen molar-refractivity contribution in [3.8, 4) is 0 Å². The van der Waals surface area contributed by atoms with E-state index in [1.807, 2.05) is 13.8 Å². The first-order chi connectivity index (χ1) is 9.49. The summed E-state index contributed by atoms with van der Waals surface area (Å²) in [4.78, 5) is 15.9. The molecular weight excluding hydrogens is 255 g/mol. The van der Waals surface area contributed by atoms with Gasteiger partial charge in [-0.2, -0.15) is 0 Å². The van der Waals surface area contributed by atoms with Crippen LogP contribution in [0.15, 0.2) is 48.8 Å². The first kappa shape index (κ1) is 14.2. The number of pyridine rings is 1. The van der Waals surface area contributed by atoms with Gasteiger partial charge in [0.25, 0.3) is 5.91 Å². The number of hydrogen-bond donors (Lipinski definition) is 1. The van der Waals surface area contributed by atoms with Gasteiger partial charge in [-0.05, 0) is 29.8 Å². The summed E-state index contributed by atoms with van der Waals surface area (Å²) in [5, 5.41) is 2.88. The zero-order valence-corrected chi connectivity index (χ0v) is 11.6. The number of hydrogen-bond acceptors (Lipinski definition) is 2. The largest absolute Gasteiger partial charge is 0.351 e. The number of nitrogens with zero attached hydrogens (tertiary/aromatic N) is 1. The van der Waals surface area contributed by atoms with E-state index in [-0.39, 0.29) is 17.1 Å². The number of carbonyl (C=O) groups excluding carboxylic acids is 1. The van der Waals surface area contributed by atoms with Crippen LogP contribution in [0.4, 0.5) is 4.39 Å². The summed E-state index contributed by atoms with van der Waals surface area (Å²) < 4.78 is 12.9. The lowest BCUT2D eigenvalue weighted by molar-refractivity contribution is 0.0945. The van der Waals surface area contributed by atoms with E-state index in [2.05, 4.69) is 10.3 Å². The van der Waals surface area contributed by atoms with Crippen LogP contribution in [0.3, 0.4) is 0 Å². The van der Waals surface area contributed by atoms with Crippen molar-refractivity contribution in [2.75, 3.05) is 6.54 Å². The Morgan fingerprint density at radius 3 is 2.55 bits per heavy atom. The Morgan fingerprint density at radius 2 is 1.95 bits per heavy atom. The van der Waals surface area contributed by atoms with Gasteiger partial charge in [-0.15, -0.1) is 0 Å². The predicted molar refractivity (Wildman–Crippen MR) is 76.0 cm³/mol. The zero-order chi connectivity index (χ0) is 14.6. The summed E-state index contributed by atoms with van der Waals surface area (Å²) in [5.74, 6) is -0.419. The van der Waals surface area contributed by atoms with E-state index in [0.717, 1.165) is 5.56 Å². The van der Waals surface area contributed by atoms with E-state index in [1.165, 1.54) is 18.3 Å². The smallest absolute Gasteiger partial charge is 0.252 e. The molecule has 1 amide bonds. The fourth-order valence-electron chi connectivity index (χ4n) is 1.90. The van der Waals surface area contributed by atoms with Crippen molar-refractivity contribution < 1.29 is 9.18 Å². The third-order valence-electron chi connectivity index (χ3n) is 3.24. The maximum absolute atomic E-state index is 12.9. The molecule has 0 saturated heterocycles. The fraction of sp³-hybridized carbons (Fsp3) is 0.250. The van der Waals surface area contributed by atoms with E-state index >= 15 is 0 Å². The Labute approximate surface area is 117 Å². The summed E-state index contributed by atoms with van der Waals surface area (Å²) in [7, 11) is 0. The molecular formula is C16H17FN2O. The van der Waals surface area contributed by atoms with E-state index < -0.39 is 0 Å². The lowest BCUT2D eigenvalue weighted by atomic mass is 9.84. The monoisotopic (exact) mass is 272 g/mol. The van der Waals surface area contributed by atoms with Crippen LogP contribution in [-0.4, -0.2) is 17.4 Å². The van der Waals surface area contributed by atoms with Crippen LogP contribution in [0, 0.1) is 5.82 Å². The van der Waals surface area contributed by atoms with Crippen molar-refractivity contribution in [1.82, 2.24) is 10.3 Å². The third-order valence-corrected chi connectivity index (χ3v) is 3.24. The van der Waals surface area contributed by atoms with E-state index in [9.17, 15) is 9.18 Å². The van der Waals surface area contributed by atoms with Crippen LogP contribution in [-0.2, 0) is 5.41 Å². The quantitative estimate of drug-likeness (QED) is 0.929. The van der Waals surface area contributed by atoms with Crippen molar-refractivity contribution in [1.29, 1.82) is 0 Å². The van der Waals surface area contributed by atoms with Crippen LogP contribution >= 0.6 is 0 Å².